The summed E-state index contributed by atoms with van der Waals surface area (Å²) in [6.07, 6.45) is 0.488. The first-order valence-electron chi connectivity index (χ1n) is 9.78. The molecule has 164 valence electrons. The first kappa shape index (κ1) is 25.5. The average Bonchev–Trinajstić information content (AvgIpc) is 2.65. The highest BCUT2D eigenvalue weighted by Gasteiger charge is 2.39. The summed E-state index contributed by atoms with van der Waals surface area (Å²) in [5.41, 5.74) is 0.585. The topological polar surface area (TPSA) is 88.1 Å². The van der Waals surface area contributed by atoms with E-state index in [4.69, 9.17) is 18.0 Å². The maximum Gasteiger partial charge on any atom is 0.501 e. The molecule has 0 atom stereocenters. The van der Waals surface area contributed by atoms with E-state index in [0.29, 0.717) is 37.8 Å². The van der Waals surface area contributed by atoms with Crippen LogP contribution in [0.2, 0.25) is 6.04 Å². The number of benzene rings is 1. The molecule has 0 radical (unpaired) electrons. The molecular weight excluding hydrogens is 412 g/mol. The Morgan fingerprint density at radius 3 is 2.07 bits per heavy atom. The van der Waals surface area contributed by atoms with Crippen LogP contribution in [0, 0.1) is 0 Å². The van der Waals surface area contributed by atoms with Gasteiger partial charge in [0.05, 0.1) is 18.1 Å². The molecule has 0 amide bonds. The third-order valence-corrected chi connectivity index (χ3v) is 8.58. The minimum Gasteiger partial charge on any atom is -0.462 e. The fraction of sp³-hybridized carbons (Fsp3) is 0.550. The van der Waals surface area contributed by atoms with Gasteiger partial charge in [-0.05, 0) is 32.8 Å². The fourth-order valence-corrected chi connectivity index (χ4v) is 6.79. The summed E-state index contributed by atoms with van der Waals surface area (Å²) >= 11 is 0. The minimum absolute atomic E-state index is 0.0798. The predicted octanol–water partition coefficient (Wildman–Crippen LogP) is 3.14. The number of rotatable bonds is 15. The summed E-state index contributed by atoms with van der Waals surface area (Å²) in [5.74, 6) is -1.29. The quantitative estimate of drug-likeness (QED) is 0.178. The van der Waals surface area contributed by atoms with Crippen molar-refractivity contribution in [2.24, 2.45) is 0 Å². The Bertz CT molecular complexity index is 717. The van der Waals surface area contributed by atoms with Crippen LogP contribution in [-0.2, 0) is 38.4 Å². The van der Waals surface area contributed by atoms with Gasteiger partial charge < -0.3 is 18.0 Å². The van der Waals surface area contributed by atoms with Crippen LogP contribution in [0.4, 0.5) is 0 Å². The summed E-state index contributed by atoms with van der Waals surface area (Å²) in [4.78, 5) is 12.1. The Morgan fingerprint density at radius 2 is 1.55 bits per heavy atom. The van der Waals surface area contributed by atoms with Crippen molar-refractivity contribution in [1.29, 1.82) is 0 Å². The second kappa shape index (κ2) is 12.9. The van der Waals surface area contributed by atoms with Crippen LogP contribution in [0.5, 0.6) is 0 Å². The van der Waals surface area contributed by atoms with E-state index in [2.05, 4.69) is 6.58 Å². The number of carbonyl (C=O) groups excluding carboxylic acids is 1. The lowest BCUT2D eigenvalue weighted by Gasteiger charge is -2.28. The van der Waals surface area contributed by atoms with E-state index in [9.17, 15) is 13.2 Å². The van der Waals surface area contributed by atoms with Gasteiger partial charge in [0.15, 0.2) is 9.84 Å². The molecule has 29 heavy (non-hydrogen) atoms. The van der Waals surface area contributed by atoms with Gasteiger partial charge in [-0.15, -0.1) is 0 Å². The van der Waals surface area contributed by atoms with Crippen LogP contribution in [0.1, 0.15) is 32.8 Å². The molecular formula is C20H32O7SSi. The normalized spacial score (nSPS) is 12.0. The maximum atomic E-state index is 12.3. The molecule has 0 bridgehead atoms. The van der Waals surface area contributed by atoms with Gasteiger partial charge in [-0.25, -0.2) is 13.2 Å². The number of carbonyl (C=O) groups is 1. The first-order valence-corrected chi connectivity index (χ1v) is 13.5. The number of ether oxygens (including phenoxy) is 1. The second-order valence-electron chi connectivity index (χ2n) is 6.34. The summed E-state index contributed by atoms with van der Waals surface area (Å²) in [5, 5.41) is 0. The van der Waals surface area contributed by atoms with Crippen LogP contribution < -0.4 is 0 Å². The zero-order valence-electron chi connectivity index (χ0n) is 17.5. The van der Waals surface area contributed by atoms with Gasteiger partial charge >= 0.3 is 14.8 Å². The highest BCUT2D eigenvalue weighted by Crippen LogP contribution is 2.18. The Labute approximate surface area is 175 Å². The van der Waals surface area contributed by atoms with E-state index in [0.717, 1.165) is 0 Å². The molecule has 0 aromatic heterocycles. The third kappa shape index (κ3) is 9.68. The van der Waals surface area contributed by atoms with Crippen LogP contribution in [0.25, 0.3) is 0 Å². The van der Waals surface area contributed by atoms with Crippen LogP contribution in [-0.4, -0.2) is 55.4 Å². The summed E-state index contributed by atoms with van der Waals surface area (Å²) in [6.45, 7) is 10.7. The molecule has 7 nitrogen and oxygen atoms in total. The maximum absolute atomic E-state index is 12.3. The Kier molecular flexibility index (Phi) is 11.4. The zero-order chi connectivity index (χ0) is 21.8. The lowest BCUT2D eigenvalue weighted by molar-refractivity contribution is -0.139. The molecule has 0 N–H and O–H groups in total. The van der Waals surface area contributed by atoms with Crippen molar-refractivity contribution < 1.29 is 31.2 Å². The van der Waals surface area contributed by atoms with Gasteiger partial charge in [0.1, 0.15) is 0 Å². The Balaban J connectivity index is 2.49. The number of hydrogen-bond acceptors (Lipinski definition) is 7. The largest absolute Gasteiger partial charge is 0.501 e. The van der Waals surface area contributed by atoms with Gasteiger partial charge in [-0.3, -0.25) is 0 Å². The van der Waals surface area contributed by atoms with E-state index >= 15 is 0 Å². The van der Waals surface area contributed by atoms with Crippen molar-refractivity contribution in [1.82, 2.24) is 0 Å². The van der Waals surface area contributed by atoms with Gasteiger partial charge in [0.25, 0.3) is 0 Å². The molecule has 0 saturated carbocycles. The Morgan fingerprint density at radius 1 is 1.00 bits per heavy atom. The molecule has 1 aromatic rings. The highest BCUT2D eigenvalue weighted by molar-refractivity contribution is 7.90. The predicted molar refractivity (Wildman–Crippen MR) is 114 cm³/mol. The number of sulfone groups is 1. The van der Waals surface area contributed by atoms with E-state index in [1.807, 2.05) is 26.8 Å². The molecule has 0 aliphatic rings. The molecule has 0 saturated heterocycles. The second-order valence-corrected chi connectivity index (χ2v) is 11.1. The molecule has 0 aliphatic carbocycles. The fourth-order valence-electron chi connectivity index (χ4n) is 2.76. The molecule has 0 heterocycles. The van der Waals surface area contributed by atoms with Gasteiger partial charge in [-0.1, -0.05) is 36.9 Å². The van der Waals surface area contributed by atoms with E-state index in [1.165, 1.54) is 0 Å². The molecule has 9 heteroatoms. The first-order chi connectivity index (χ1) is 13.8. The molecule has 0 fully saturated rings. The SMILES string of the molecule is C=C(CS(=O)(=O)Cc1ccccc1)C(=O)OCCC[Si](OCC)(OCC)OCC. The van der Waals surface area contributed by atoms with Crippen LogP contribution in [0.15, 0.2) is 42.5 Å². The lowest BCUT2D eigenvalue weighted by Crippen LogP contribution is -2.46. The minimum atomic E-state index is -3.51. The summed E-state index contributed by atoms with van der Waals surface area (Å²) in [6, 6.07) is 9.31. The lowest BCUT2D eigenvalue weighted by atomic mass is 10.2. The average molecular weight is 445 g/mol. The molecule has 1 rings (SSSR count). The monoisotopic (exact) mass is 444 g/mol. The van der Waals surface area contributed by atoms with Crippen molar-refractivity contribution in [3.05, 3.63) is 48.0 Å². The molecule has 0 spiro atoms. The van der Waals surface area contributed by atoms with E-state index < -0.39 is 30.4 Å². The Hall–Kier alpha value is -1.52. The number of hydrogen-bond donors (Lipinski definition) is 0. The third-order valence-electron chi connectivity index (χ3n) is 3.87. The zero-order valence-corrected chi connectivity index (χ0v) is 19.3. The standard InChI is InChI=1S/C20H32O7SSi/c1-5-25-29(26-6-2,27-7-3)15-11-14-24-20(21)18(4)16-28(22,23)17-19-12-9-8-10-13-19/h8-10,12-13H,4-7,11,14-17H2,1-3H3. The number of esters is 1. The van der Waals surface area contributed by atoms with Crippen molar-refractivity contribution >= 4 is 24.6 Å². The van der Waals surface area contributed by atoms with E-state index in [1.54, 1.807) is 24.3 Å². The summed E-state index contributed by atoms with van der Waals surface area (Å²) in [7, 11) is -6.29. The van der Waals surface area contributed by atoms with Gasteiger partial charge in [0.2, 0.25) is 0 Å². The van der Waals surface area contributed by atoms with Crippen molar-refractivity contribution in [3.8, 4) is 0 Å². The van der Waals surface area contributed by atoms with Gasteiger partial charge in [0, 0.05) is 31.4 Å². The highest BCUT2D eigenvalue weighted by atomic mass is 32.2. The van der Waals surface area contributed by atoms with Gasteiger partial charge in [-0.2, -0.15) is 0 Å². The van der Waals surface area contributed by atoms with Crippen LogP contribution in [0.3, 0.4) is 0 Å². The van der Waals surface area contributed by atoms with E-state index in [-0.39, 0.29) is 17.9 Å². The smallest absolute Gasteiger partial charge is 0.462 e. The van der Waals surface area contributed by atoms with Crippen molar-refractivity contribution in [2.45, 2.75) is 39.0 Å². The van der Waals surface area contributed by atoms with Crippen molar-refractivity contribution in [3.63, 3.8) is 0 Å². The van der Waals surface area contributed by atoms with Crippen molar-refractivity contribution in [2.75, 3.05) is 32.2 Å². The molecule has 1 aromatic carbocycles. The summed E-state index contributed by atoms with van der Waals surface area (Å²) < 4.78 is 47.0. The molecule has 0 aliphatic heterocycles. The molecule has 0 unspecified atom stereocenters. The van der Waals surface area contributed by atoms with Crippen LogP contribution >= 0.6 is 0 Å².